The van der Waals surface area contributed by atoms with Gasteiger partial charge in [0.2, 0.25) is 5.88 Å². The second-order valence-corrected chi connectivity index (χ2v) is 5.05. The minimum absolute atomic E-state index is 0.110. The summed E-state index contributed by atoms with van der Waals surface area (Å²) >= 11 is 0. The Hall–Kier alpha value is -2.30. The molecule has 5 nitrogen and oxygen atoms in total. The van der Waals surface area contributed by atoms with Gasteiger partial charge in [-0.05, 0) is 18.4 Å². The van der Waals surface area contributed by atoms with Crippen LogP contribution in [0.15, 0.2) is 39.9 Å². The van der Waals surface area contributed by atoms with E-state index >= 15 is 0 Å². The highest BCUT2D eigenvalue weighted by atomic mass is 16.5. The van der Waals surface area contributed by atoms with Crippen molar-refractivity contribution in [1.29, 1.82) is 0 Å². The first-order valence-electron chi connectivity index (χ1n) is 6.60. The number of hydrogen-bond acceptors (Lipinski definition) is 3. The van der Waals surface area contributed by atoms with Crippen LogP contribution in [0.3, 0.4) is 0 Å². The van der Waals surface area contributed by atoms with Gasteiger partial charge in [-0.1, -0.05) is 30.3 Å². The van der Waals surface area contributed by atoms with E-state index in [-0.39, 0.29) is 17.4 Å². The molecule has 0 saturated carbocycles. The fourth-order valence-electron chi connectivity index (χ4n) is 2.63. The van der Waals surface area contributed by atoms with Gasteiger partial charge in [0, 0.05) is 14.1 Å². The zero-order chi connectivity index (χ0) is 14.3. The number of rotatable bonds is 1. The van der Waals surface area contributed by atoms with E-state index in [9.17, 15) is 9.59 Å². The van der Waals surface area contributed by atoms with E-state index in [0.29, 0.717) is 17.9 Å². The van der Waals surface area contributed by atoms with Crippen LogP contribution in [-0.4, -0.2) is 9.13 Å². The van der Waals surface area contributed by atoms with Gasteiger partial charge < -0.3 is 4.74 Å². The molecule has 0 radical (unpaired) electrons. The van der Waals surface area contributed by atoms with Gasteiger partial charge in [0.1, 0.15) is 6.10 Å². The monoisotopic (exact) mass is 272 g/mol. The van der Waals surface area contributed by atoms with E-state index in [2.05, 4.69) is 0 Å². The number of hydrogen-bond donors (Lipinski definition) is 0. The van der Waals surface area contributed by atoms with Crippen molar-refractivity contribution in [2.45, 2.75) is 18.9 Å². The smallest absolute Gasteiger partial charge is 0.333 e. The lowest BCUT2D eigenvalue weighted by Gasteiger charge is -2.27. The van der Waals surface area contributed by atoms with Crippen LogP contribution >= 0.6 is 0 Å². The quantitative estimate of drug-likeness (QED) is 0.782. The van der Waals surface area contributed by atoms with Crippen LogP contribution in [0.25, 0.3) is 0 Å². The fraction of sp³-hybridized carbons (Fsp3) is 0.333. The van der Waals surface area contributed by atoms with Gasteiger partial charge in [-0.3, -0.25) is 13.9 Å². The molecule has 20 heavy (non-hydrogen) atoms. The van der Waals surface area contributed by atoms with Crippen LogP contribution < -0.4 is 16.0 Å². The number of nitrogens with zero attached hydrogens (tertiary/aromatic N) is 2. The average Bonchev–Trinajstić information content (AvgIpc) is 2.51. The van der Waals surface area contributed by atoms with Crippen LogP contribution in [0.1, 0.15) is 23.7 Å². The topological polar surface area (TPSA) is 53.2 Å². The van der Waals surface area contributed by atoms with E-state index in [1.54, 1.807) is 7.05 Å². The molecule has 0 fully saturated rings. The summed E-state index contributed by atoms with van der Waals surface area (Å²) in [6, 6.07) is 9.85. The Balaban J connectivity index is 2.09. The molecule has 1 atom stereocenters. The van der Waals surface area contributed by atoms with Gasteiger partial charge in [0.15, 0.2) is 0 Å². The second kappa shape index (κ2) is 4.67. The molecule has 0 bridgehead atoms. The standard InChI is InChI=1S/C15H16N2O3/c1-16-13(18)11-8-9-12(10-6-4-3-5-7-10)20-14(11)17(2)15(16)19/h3-7,12H,8-9H2,1-2H3/t12-/m0/s1. The summed E-state index contributed by atoms with van der Waals surface area (Å²) in [6.45, 7) is 0. The van der Waals surface area contributed by atoms with E-state index in [4.69, 9.17) is 4.74 Å². The van der Waals surface area contributed by atoms with E-state index in [0.717, 1.165) is 16.6 Å². The first-order valence-corrected chi connectivity index (χ1v) is 6.60. The SMILES string of the molecule is Cn1c2c(c(=O)n(C)c1=O)CC[C@@H](c1ccccc1)O2. The van der Waals surface area contributed by atoms with Crippen LogP contribution in [0.2, 0.25) is 0 Å². The third kappa shape index (κ3) is 1.86. The maximum atomic E-state index is 12.1. The lowest BCUT2D eigenvalue weighted by Crippen LogP contribution is -2.41. The molecule has 5 heteroatoms. The van der Waals surface area contributed by atoms with E-state index in [1.165, 1.54) is 11.6 Å². The molecule has 104 valence electrons. The molecule has 1 aromatic carbocycles. The Labute approximate surface area is 116 Å². The van der Waals surface area contributed by atoms with Gasteiger partial charge in [0.25, 0.3) is 5.56 Å². The van der Waals surface area contributed by atoms with Gasteiger partial charge in [-0.2, -0.15) is 0 Å². The lowest BCUT2D eigenvalue weighted by atomic mass is 9.99. The van der Waals surface area contributed by atoms with Crippen molar-refractivity contribution in [1.82, 2.24) is 9.13 Å². The second-order valence-electron chi connectivity index (χ2n) is 5.05. The highest BCUT2D eigenvalue weighted by Gasteiger charge is 2.26. The highest BCUT2D eigenvalue weighted by Crippen LogP contribution is 2.31. The maximum Gasteiger partial charge on any atom is 0.333 e. The van der Waals surface area contributed by atoms with Crippen molar-refractivity contribution in [3.05, 3.63) is 62.3 Å². The first-order chi connectivity index (χ1) is 9.59. The normalized spacial score (nSPS) is 17.4. The summed E-state index contributed by atoms with van der Waals surface area (Å²) in [5.74, 6) is 0.401. The van der Waals surface area contributed by atoms with Crippen molar-refractivity contribution in [3.63, 3.8) is 0 Å². The number of ether oxygens (including phenoxy) is 1. The fourth-order valence-corrected chi connectivity index (χ4v) is 2.63. The molecule has 1 aliphatic heterocycles. The Morgan fingerprint density at radius 3 is 2.50 bits per heavy atom. The average molecular weight is 272 g/mol. The molecule has 0 unspecified atom stereocenters. The third-order valence-electron chi connectivity index (χ3n) is 3.78. The number of benzene rings is 1. The number of fused-ring (bicyclic) bond motifs is 1. The van der Waals surface area contributed by atoms with Crippen molar-refractivity contribution in [2.75, 3.05) is 0 Å². The highest BCUT2D eigenvalue weighted by molar-refractivity contribution is 5.30. The van der Waals surface area contributed by atoms with Gasteiger partial charge in [-0.15, -0.1) is 0 Å². The molecule has 0 spiro atoms. The van der Waals surface area contributed by atoms with Crippen LogP contribution in [0, 0.1) is 0 Å². The minimum atomic E-state index is -0.359. The largest absolute Gasteiger partial charge is 0.470 e. The summed E-state index contributed by atoms with van der Waals surface area (Å²) in [4.78, 5) is 24.0. The molecular formula is C15H16N2O3. The molecule has 1 aliphatic rings. The van der Waals surface area contributed by atoms with E-state index in [1.807, 2.05) is 30.3 Å². The van der Waals surface area contributed by atoms with Gasteiger partial charge in [0.05, 0.1) is 5.56 Å². The molecule has 3 rings (SSSR count). The molecule has 0 saturated heterocycles. The molecule has 0 aliphatic carbocycles. The Morgan fingerprint density at radius 1 is 1.10 bits per heavy atom. The summed E-state index contributed by atoms with van der Waals surface area (Å²) in [7, 11) is 3.13. The summed E-state index contributed by atoms with van der Waals surface area (Å²) < 4.78 is 8.45. The first kappa shape index (κ1) is 12.7. The molecule has 1 aromatic heterocycles. The Bertz CT molecular complexity index is 759. The molecule has 0 amide bonds. The zero-order valence-corrected chi connectivity index (χ0v) is 11.5. The Morgan fingerprint density at radius 2 is 1.80 bits per heavy atom. The molecular weight excluding hydrogens is 256 g/mol. The van der Waals surface area contributed by atoms with Gasteiger partial charge in [-0.25, -0.2) is 4.79 Å². The van der Waals surface area contributed by atoms with Crippen LogP contribution in [0.4, 0.5) is 0 Å². The molecule has 0 N–H and O–H groups in total. The zero-order valence-electron chi connectivity index (χ0n) is 11.5. The molecule has 2 heterocycles. The maximum absolute atomic E-state index is 12.1. The number of aromatic nitrogens is 2. The van der Waals surface area contributed by atoms with Crippen LogP contribution in [-0.2, 0) is 20.5 Å². The lowest BCUT2D eigenvalue weighted by molar-refractivity contribution is 0.156. The van der Waals surface area contributed by atoms with E-state index < -0.39 is 0 Å². The summed E-state index contributed by atoms with van der Waals surface area (Å²) in [5, 5.41) is 0. The van der Waals surface area contributed by atoms with Crippen molar-refractivity contribution < 1.29 is 4.74 Å². The minimum Gasteiger partial charge on any atom is -0.470 e. The van der Waals surface area contributed by atoms with Crippen molar-refractivity contribution in [3.8, 4) is 5.88 Å². The summed E-state index contributed by atoms with van der Waals surface area (Å²) in [6.07, 6.45) is 1.25. The Kier molecular flexibility index (Phi) is 2.97. The summed E-state index contributed by atoms with van der Waals surface area (Å²) in [5.41, 5.74) is 1.03. The van der Waals surface area contributed by atoms with Gasteiger partial charge >= 0.3 is 5.69 Å². The predicted molar refractivity (Wildman–Crippen MR) is 75.1 cm³/mol. The molecule has 2 aromatic rings. The van der Waals surface area contributed by atoms with Crippen molar-refractivity contribution >= 4 is 0 Å². The van der Waals surface area contributed by atoms with Crippen LogP contribution in [0.5, 0.6) is 5.88 Å². The van der Waals surface area contributed by atoms with Crippen molar-refractivity contribution in [2.24, 2.45) is 14.1 Å². The predicted octanol–water partition coefficient (Wildman–Crippen LogP) is 1.15. The third-order valence-corrected chi connectivity index (χ3v) is 3.78.